The summed E-state index contributed by atoms with van der Waals surface area (Å²) in [6.45, 7) is 6.50. The van der Waals surface area contributed by atoms with Crippen molar-refractivity contribution in [2.45, 2.75) is 38.3 Å². The first-order valence-electron chi connectivity index (χ1n) is 7.14. The number of para-hydroxylation sites is 1. The van der Waals surface area contributed by atoms with Crippen molar-refractivity contribution in [1.29, 1.82) is 0 Å². The first kappa shape index (κ1) is 14.4. The fourth-order valence-corrected chi connectivity index (χ4v) is 2.66. The number of ether oxygens (including phenoxy) is 1. The zero-order chi connectivity index (χ0) is 13.9. The number of fused-ring (bicyclic) bond motifs is 1. The average Bonchev–Trinajstić information content (AvgIpc) is 2.33. The van der Waals surface area contributed by atoms with E-state index in [0.717, 1.165) is 25.3 Å². The molecule has 1 unspecified atom stereocenters. The molecule has 1 aliphatic rings. The first-order valence-corrected chi connectivity index (χ1v) is 7.14. The minimum atomic E-state index is -0.0897. The van der Waals surface area contributed by atoms with Crippen LogP contribution in [0.1, 0.15) is 38.3 Å². The van der Waals surface area contributed by atoms with E-state index >= 15 is 0 Å². The van der Waals surface area contributed by atoms with E-state index in [9.17, 15) is 0 Å². The number of benzene rings is 1. The van der Waals surface area contributed by atoms with Gasteiger partial charge < -0.3 is 15.0 Å². The van der Waals surface area contributed by atoms with Crippen molar-refractivity contribution in [2.75, 3.05) is 27.2 Å². The molecule has 106 valence electrons. The Balaban J connectivity index is 1.99. The zero-order valence-electron chi connectivity index (χ0n) is 12.6. The summed E-state index contributed by atoms with van der Waals surface area (Å²) < 4.78 is 6.05. The second-order valence-corrected chi connectivity index (χ2v) is 6.27. The van der Waals surface area contributed by atoms with Crippen LogP contribution in [-0.4, -0.2) is 37.7 Å². The van der Waals surface area contributed by atoms with Gasteiger partial charge in [-0.15, -0.1) is 0 Å². The summed E-state index contributed by atoms with van der Waals surface area (Å²) in [7, 11) is 4.24. The second-order valence-electron chi connectivity index (χ2n) is 6.27. The molecular formula is C16H26N2O. The van der Waals surface area contributed by atoms with Gasteiger partial charge >= 0.3 is 0 Å². The first-order chi connectivity index (χ1) is 8.98. The molecule has 2 rings (SSSR count). The largest absolute Gasteiger partial charge is 0.487 e. The van der Waals surface area contributed by atoms with Gasteiger partial charge in [0.2, 0.25) is 0 Å². The molecular weight excluding hydrogens is 236 g/mol. The van der Waals surface area contributed by atoms with Gasteiger partial charge in [-0.3, -0.25) is 0 Å². The molecule has 1 N–H and O–H groups in total. The van der Waals surface area contributed by atoms with Crippen LogP contribution in [0.25, 0.3) is 0 Å². The van der Waals surface area contributed by atoms with Gasteiger partial charge in [0.15, 0.2) is 0 Å². The summed E-state index contributed by atoms with van der Waals surface area (Å²) in [5, 5.41) is 3.68. The lowest BCUT2D eigenvalue weighted by Crippen LogP contribution is -2.40. The zero-order valence-corrected chi connectivity index (χ0v) is 12.6. The molecule has 0 aromatic heterocycles. The van der Waals surface area contributed by atoms with Crippen molar-refractivity contribution >= 4 is 0 Å². The monoisotopic (exact) mass is 262 g/mol. The van der Waals surface area contributed by atoms with E-state index in [0.29, 0.717) is 6.04 Å². The van der Waals surface area contributed by atoms with Gasteiger partial charge in [0.1, 0.15) is 11.4 Å². The highest BCUT2D eigenvalue weighted by molar-refractivity contribution is 5.38. The van der Waals surface area contributed by atoms with E-state index in [1.54, 1.807) is 0 Å². The van der Waals surface area contributed by atoms with Crippen molar-refractivity contribution in [1.82, 2.24) is 10.2 Å². The second kappa shape index (κ2) is 5.93. The van der Waals surface area contributed by atoms with Crippen LogP contribution >= 0.6 is 0 Å². The maximum absolute atomic E-state index is 6.05. The Bertz CT molecular complexity index is 415. The van der Waals surface area contributed by atoms with Gasteiger partial charge in [-0.2, -0.15) is 0 Å². The molecule has 0 amide bonds. The molecule has 19 heavy (non-hydrogen) atoms. The Kier molecular flexibility index (Phi) is 4.48. The third kappa shape index (κ3) is 3.95. The number of hydrogen-bond donors (Lipinski definition) is 1. The molecule has 1 heterocycles. The molecule has 3 nitrogen and oxygen atoms in total. The molecule has 0 fully saturated rings. The molecule has 1 aliphatic heterocycles. The lowest BCUT2D eigenvalue weighted by molar-refractivity contribution is 0.0660. The fraction of sp³-hybridized carbons (Fsp3) is 0.625. The molecule has 0 spiro atoms. The summed E-state index contributed by atoms with van der Waals surface area (Å²) in [4.78, 5) is 2.23. The Morgan fingerprint density at radius 3 is 2.79 bits per heavy atom. The molecule has 1 atom stereocenters. The Morgan fingerprint density at radius 1 is 1.32 bits per heavy atom. The maximum Gasteiger partial charge on any atom is 0.124 e. The third-order valence-electron chi connectivity index (χ3n) is 3.55. The van der Waals surface area contributed by atoms with E-state index in [4.69, 9.17) is 4.74 Å². The number of hydrogen-bond acceptors (Lipinski definition) is 3. The Morgan fingerprint density at radius 2 is 2.05 bits per heavy atom. The summed E-state index contributed by atoms with van der Waals surface area (Å²) in [6, 6.07) is 8.79. The van der Waals surface area contributed by atoms with Crippen LogP contribution in [0.2, 0.25) is 0 Å². The van der Waals surface area contributed by atoms with Crippen molar-refractivity contribution < 1.29 is 4.74 Å². The molecule has 0 bridgehead atoms. The van der Waals surface area contributed by atoms with E-state index in [1.165, 1.54) is 12.0 Å². The Labute approximate surface area is 116 Å². The van der Waals surface area contributed by atoms with Crippen LogP contribution in [0.3, 0.4) is 0 Å². The van der Waals surface area contributed by atoms with E-state index in [2.05, 4.69) is 56.4 Å². The number of nitrogens with one attached hydrogen (secondary N) is 1. The normalized spacial score (nSPS) is 21.0. The number of nitrogens with zero attached hydrogens (tertiary/aromatic N) is 1. The van der Waals surface area contributed by atoms with Crippen LogP contribution in [-0.2, 0) is 0 Å². The van der Waals surface area contributed by atoms with Gasteiger partial charge in [0.05, 0.1) is 0 Å². The predicted octanol–water partition coefficient (Wildman–Crippen LogP) is 2.83. The number of rotatable bonds is 5. The topological polar surface area (TPSA) is 24.5 Å². The van der Waals surface area contributed by atoms with Gasteiger partial charge in [-0.05, 0) is 53.5 Å². The SMILES string of the molecule is CN(C)CCCNC1CC(C)(C)Oc2ccccc21. The summed E-state index contributed by atoms with van der Waals surface area (Å²) in [5.41, 5.74) is 1.21. The Hall–Kier alpha value is -1.06. The standard InChI is InChI=1S/C16H26N2O/c1-16(2)12-14(17-10-7-11-18(3)4)13-8-5-6-9-15(13)19-16/h5-6,8-9,14,17H,7,10-12H2,1-4H3. The van der Waals surface area contributed by atoms with Crippen LogP contribution in [0.4, 0.5) is 0 Å². The van der Waals surface area contributed by atoms with Crippen molar-refractivity contribution in [2.24, 2.45) is 0 Å². The summed E-state index contributed by atoms with van der Waals surface area (Å²) >= 11 is 0. The van der Waals surface area contributed by atoms with Crippen LogP contribution in [0, 0.1) is 0 Å². The van der Waals surface area contributed by atoms with Gasteiger partial charge in [0, 0.05) is 18.0 Å². The highest BCUT2D eigenvalue weighted by Gasteiger charge is 2.32. The molecule has 0 saturated heterocycles. The van der Waals surface area contributed by atoms with E-state index in [1.807, 2.05) is 6.07 Å². The maximum atomic E-state index is 6.05. The minimum absolute atomic E-state index is 0.0897. The van der Waals surface area contributed by atoms with Crippen molar-refractivity contribution in [3.05, 3.63) is 29.8 Å². The molecule has 0 aliphatic carbocycles. The molecule has 1 aromatic rings. The molecule has 0 radical (unpaired) electrons. The average molecular weight is 262 g/mol. The van der Waals surface area contributed by atoms with Gasteiger partial charge in [-0.25, -0.2) is 0 Å². The summed E-state index contributed by atoms with van der Waals surface area (Å²) in [5.74, 6) is 1.03. The van der Waals surface area contributed by atoms with Crippen LogP contribution in [0.5, 0.6) is 5.75 Å². The summed E-state index contributed by atoms with van der Waals surface area (Å²) in [6.07, 6.45) is 2.19. The van der Waals surface area contributed by atoms with E-state index < -0.39 is 0 Å². The third-order valence-corrected chi connectivity index (χ3v) is 3.55. The van der Waals surface area contributed by atoms with Gasteiger partial charge in [-0.1, -0.05) is 18.2 Å². The molecule has 1 aromatic carbocycles. The fourth-order valence-electron chi connectivity index (χ4n) is 2.66. The van der Waals surface area contributed by atoms with Crippen LogP contribution < -0.4 is 10.1 Å². The van der Waals surface area contributed by atoms with Crippen molar-refractivity contribution in [3.8, 4) is 5.75 Å². The minimum Gasteiger partial charge on any atom is -0.487 e. The lowest BCUT2D eigenvalue weighted by atomic mass is 9.89. The lowest BCUT2D eigenvalue weighted by Gasteiger charge is -2.38. The molecule has 0 saturated carbocycles. The smallest absolute Gasteiger partial charge is 0.124 e. The van der Waals surface area contributed by atoms with Crippen LogP contribution in [0.15, 0.2) is 24.3 Å². The highest BCUT2D eigenvalue weighted by Crippen LogP contribution is 2.38. The highest BCUT2D eigenvalue weighted by atomic mass is 16.5. The van der Waals surface area contributed by atoms with E-state index in [-0.39, 0.29) is 5.60 Å². The molecule has 3 heteroatoms. The van der Waals surface area contributed by atoms with Crippen molar-refractivity contribution in [3.63, 3.8) is 0 Å². The predicted molar refractivity (Wildman–Crippen MR) is 79.7 cm³/mol. The van der Waals surface area contributed by atoms with Gasteiger partial charge in [0.25, 0.3) is 0 Å². The quantitative estimate of drug-likeness (QED) is 0.826.